The molecule has 1 heterocycles. The molecule has 1 amide bonds. The highest BCUT2D eigenvalue weighted by atomic mass is 32.2. The summed E-state index contributed by atoms with van der Waals surface area (Å²) in [6.45, 7) is 3.78. The Morgan fingerprint density at radius 2 is 1.79 bits per heavy atom. The number of rotatable bonds is 5. The van der Waals surface area contributed by atoms with Crippen LogP contribution < -0.4 is 10.0 Å². The predicted octanol–water partition coefficient (Wildman–Crippen LogP) is 3.29. The number of amidine groups is 1. The van der Waals surface area contributed by atoms with E-state index < -0.39 is 10.0 Å². The molecule has 3 rings (SSSR count). The third-order valence-corrected chi connectivity index (χ3v) is 6.81. The molecule has 1 aromatic carbocycles. The number of carbonyl (C=O) groups excluding carboxylic acids is 1. The Kier molecular flexibility index (Phi) is 6.54. The summed E-state index contributed by atoms with van der Waals surface area (Å²) in [6, 6.07) is 7.60. The quantitative estimate of drug-likeness (QED) is 0.740. The molecule has 0 aromatic heterocycles. The van der Waals surface area contributed by atoms with Gasteiger partial charge in [0.25, 0.3) is 10.0 Å². The molecule has 0 bridgehead atoms. The summed E-state index contributed by atoms with van der Waals surface area (Å²) in [5.74, 6) is 0.131. The lowest BCUT2D eigenvalue weighted by atomic mass is 10.1. The Morgan fingerprint density at radius 1 is 1.14 bits per heavy atom. The molecule has 0 radical (unpaired) electrons. The third kappa shape index (κ3) is 4.82. The molecule has 28 heavy (non-hydrogen) atoms. The first-order chi connectivity index (χ1) is 13.4. The molecular weight excluding hydrogens is 374 g/mol. The minimum Gasteiger partial charge on any atom is -0.352 e. The Hall–Kier alpha value is -2.15. The van der Waals surface area contributed by atoms with Crippen LogP contribution in [-0.4, -0.2) is 32.7 Å². The molecule has 0 unspecified atom stereocenters. The Bertz CT molecular complexity index is 878. The van der Waals surface area contributed by atoms with E-state index in [1.165, 1.54) is 12.8 Å². The Labute approximate surface area is 167 Å². The second kappa shape index (κ2) is 8.90. The van der Waals surface area contributed by atoms with Gasteiger partial charge in [-0.25, -0.2) is 8.42 Å². The molecule has 7 heteroatoms. The molecule has 2 N–H and O–H groups in total. The van der Waals surface area contributed by atoms with Crippen LogP contribution in [0.15, 0.2) is 34.8 Å². The van der Waals surface area contributed by atoms with Gasteiger partial charge >= 0.3 is 0 Å². The summed E-state index contributed by atoms with van der Waals surface area (Å²) >= 11 is 0. The maximum Gasteiger partial charge on any atom is 0.264 e. The van der Waals surface area contributed by atoms with Crippen LogP contribution >= 0.6 is 0 Å². The molecule has 1 saturated carbocycles. The number of hydrogen-bond donors (Lipinski definition) is 2. The van der Waals surface area contributed by atoms with E-state index in [-0.39, 0.29) is 29.2 Å². The van der Waals surface area contributed by atoms with Crippen molar-refractivity contribution in [3.63, 3.8) is 0 Å². The van der Waals surface area contributed by atoms with E-state index in [0.717, 1.165) is 31.2 Å². The monoisotopic (exact) mass is 403 g/mol. The van der Waals surface area contributed by atoms with Crippen LogP contribution in [0.4, 0.5) is 0 Å². The van der Waals surface area contributed by atoms with Gasteiger partial charge in [0.1, 0.15) is 17.3 Å². The van der Waals surface area contributed by atoms with Crippen LogP contribution in [0.25, 0.3) is 4.91 Å². The lowest BCUT2D eigenvalue weighted by molar-refractivity contribution is -0.120. The van der Waals surface area contributed by atoms with Crippen molar-refractivity contribution in [2.24, 2.45) is 4.99 Å². The van der Waals surface area contributed by atoms with E-state index in [2.05, 4.69) is 15.0 Å². The number of nitrogens with one attached hydrogen (secondary N) is 2. The molecule has 0 spiro atoms. The van der Waals surface area contributed by atoms with Crippen molar-refractivity contribution in [2.75, 3.05) is 6.54 Å². The summed E-state index contributed by atoms with van der Waals surface area (Å²) < 4.78 is 27.9. The Balaban J connectivity index is 1.77. The number of hydrogen-bond acceptors (Lipinski definition) is 4. The molecule has 1 aliphatic carbocycles. The molecule has 0 saturated heterocycles. The van der Waals surface area contributed by atoms with Crippen molar-refractivity contribution >= 4 is 26.7 Å². The van der Waals surface area contributed by atoms with Gasteiger partial charge in [0.15, 0.2) is 0 Å². The maximum absolute atomic E-state index is 12.7. The van der Waals surface area contributed by atoms with Crippen molar-refractivity contribution in [3.05, 3.63) is 41.0 Å². The van der Waals surface area contributed by atoms with Crippen LogP contribution in [0.3, 0.4) is 0 Å². The van der Waals surface area contributed by atoms with Crippen molar-refractivity contribution in [1.82, 2.24) is 10.0 Å². The fourth-order valence-corrected chi connectivity index (χ4v) is 5.40. The number of carbonyl (C=O) groups is 1. The molecule has 6 nitrogen and oxygen atoms in total. The van der Waals surface area contributed by atoms with Gasteiger partial charge in [0.2, 0.25) is 5.91 Å². The van der Waals surface area contributed by atoms with Crippen LogP contribution in [0, 0.1) is 6.92 Å². The van der Waals surface area contributed by atoms with Gasteiger partial charge in [0, 0.05) is 11.6 Å². The van der Waals surface area contributed by atoms with Gasteiger partial charge < -0.3 is 5.32 Å². The lowest BCUT2D eigenvalue weighted by Gasteiger charge is -2.15. The van der Waals surface area contributed by atoms with E-state index in [1.807, 2.05) is 26.0 Å². The zero-order valence-electron chi connectivity index (χ0n) is 16.6. The number of aliphatic imine (C=N–C) groups is 1. The average Bonchev–Trinajstić information content (AvgIpc) is 2.80. The Morgan fingerprint density at radius 3 is 2.39 bits per heavy atom. The van der Waals surface area contributed by atoms with Crippen molar-refractivity contribution in [1.29, 1.82) is 0 Å². The summed E-state index contributed by atoms with van der Waals surface area (Å²) in [5, 5.41) is 3.05. The van der Waals surface area contributed by atoms with Crippen molar-refractivity contribution < 1.29 is 13.2 Å². The number of nitrogens with zero attached hydrogens (tertiary/aromatic N) is 1. The molecule has 2 aliphatic rings. The smallest absolute Gasteiger partial charge is 0.264 e. The molecule has 1 aromatic rings. The fourth-order valence-electron chi connectivity index (χ4n) is 3.85. The molecule has 1 fully saturated rings. The highest BCUT2D eigenvalue weighted by Gasteiger charge is 2.34. The minimum absolute atomic E-state index is 0.0704. The zero-order valence-corrected chi connectivity index (χ0v) is 17.4. The largest absolute Gasteiger partial charge is 0.352 e. The average molecular weight is 404 g/mol. The number of amides is 1. The second-order valence-electron chi connectivity index (χ2n) is 7.55. The third-order valence-electron chi connectivity index (χ3n) is 5.33. The van der Waals surface area contributed by atoms with Crippen LogP contribution in [-0.2, 0) is 14.8 Å². The number of aryl methyl sites for hydroxylation is 1. The maximum atomic E-state index is 12.7. The van der Waals surface area contributed by atoms with E-state index >= 15 is 0 Å². The minimum atomic E-state index is -3.68. The zero-order chi connectivity index (χ0) is 20.1. The van der Waals surface area contributed by atoms with Crippen molar-refractivity contribution in [3.8, 4) is 0 Å². The first-order valence-corrected chi connectivity index (χ1v) is 11.6. The summed E-state index contributed by atoms with van der Waals surface area (Å²) in [5.41, 5.74) is 2.34. The molecule has 1 aliphatic heterocycles. The summed E-state index contributed by atoms with van der Waals surface area (Å²) in [6.07, 6.45) is 7.26. The topological polar surface area (TPSA) is 87.6 Å². The summed E-state index contributed by atoms with van der Waals surface area (Å²) in [4.78, 5) is 16.9. The first kappa shape index (κ1) is 20.6. The van der Waals surface area contributed by atoms with Gasteiger partial charge in [-0.15, -0.1) is 0 Å². The highest BCUT2D eigenvalue weighted by molar-refractivity contribution is 8.00. The van der Waals surface area contributed by atoms with E-state index in [9.17, 15) is 13.2 Å². The molecular formula is C21H29N3O3S. The standard InChI is InChI=1S/C21H29N3O3S/c1-3-18-20(16-12-10-15(2)11-13-16)28(26,27)24-21(18)22-14-19(25)23-17-8-6-4-5-7-9-17/h10-13,17H,3-9,14H2,1-2H3,(H,22,24)(H,23,25). The van der Waals surface area contributed by atoms with Gasteiger partial charge in [-0.2, -0.15) is 0 Å². The molecule has 152 valence electrons. The second-order valence-corrected chi connectivity index (χ2v) is 9.17. The van der Waals surface area contributed by atoms with E-state index in [4.69, 9.17) is 0 Å². The first-order valence-electron chi connectivity index (χ1n) is 10.1. The lowest BCUT2D eigenvalue weighted by Crippen LogP contribution is -2.36. The van der Waals surface area contributed by atoms with Gasteiger partial charge in [-0.05, 0) is 31.7 Å². The predicted molar refractivity (Wildman–Crippen MR) is 112 cm³/mol. The number of sulfonamides is 1. The van der Waals surface area contributed by atoms with Gasteiger partial charge in [-0.3, -0.25) is 14.5 Å². The summed E-state index contributed by atoms with van der Waals surface area (Å²) in [7, 11) is -3.68. The van der Waals surface area contributed by atoms with E-state index in [1.54, 1.807) is 12.1 Å². The van der Waals surface area contributed by atoms with Crippen LogP contribution in [0.1, 0.15) is 63.0 Å². The fraction of sp³-hybridized carbons (Fsp3) is 0.524. The molecule has 0 atom stereocenters. The normalized spacial score (nSPS) is 21.4. The van der Waals surface area contributed by atoms with Gasteiger partial charge in [-0.1, -0.05) is 62.4 Å². The van der Waals surface area contributed by atoms with Crippen LogP contribution in [0.5, 0.6) is 0 Å². The van der Waals surface area contributed by atoms with E-state index in [0.29, 0.717) is 17.6 Å². The highest BCUT2D eigenvalue weighted by Crippen LogP contribution is 2.31. The SMILES string of the molecule is CCC1=C(c2ccc(C)cc2)S(=O)(=O)NC1=NCC(=O)NC1CCCCCC1. The number of benzene rings is 1. The van der Waals surface area contributed by atoms with Gasteiger partial charge in [0.05, 0.1) is 0 Å². The van der Waals surface area contributed by atoms with Crippen LogP contribution in [0.2, 0.25) is 0 Å². The van der Waals surface area contributed by atoms with Crippen molar-refractivity contribution in [2.45, 2.75) is 64.8 Å².